The SMILES string of the molecule is CCc1cccc2c(C(=O)[C@@H](Sc3nncn3C)c3ccccc3)c[nH]c12. The molecule has 0 aliphatic carbocycles. The molecule has 0 spiro atoms. The summed E-state index contributed by atoms with van der Waals surface area (Å²) in [6, 6.07) is 15.9. The predicted molar refractivity (Wildman–Crippen MR) is 108 cm³/mol. The number of nitrogens with zero attached hydrogens (tertiary/aromatic N) is 3. The van der Waals surface area contributed by atoms with Crippen molar-refractivity contribution in [1.29, 1.82) is 0 Å². The Labute approximate surface area is 161 Å². The topological polar surface area (TPSA) is 63.6 Å². The van der Waals surface area contributed by atoms with Gasteiger partial charge in [-0.05, 0) is 17.5 Å². The van der Waals surface area contributed by atoms with Crippen LogP contribution in [-0.4, -0.2) is 25.5 Å². The highest BCUT2D eigenvalue weighted by Crippen LogP contribution is 2.38. The smallest absolute Gasteiger partial charge is 0.191 e. The second-order valence-electron chi connectivity index (χ2n) is 6.39. The van der Waals surface area contributed by atoms with Gasteiger partial charge in [-0.1, -0.05) is 67.2 Å². The van der Waals surface area contributed by atoms with E-state index in [4.69, 9.17) is 0 Å². The molecule has 27 heavy (non-hydrogen) atoms. The number of carbonyl (C=O) groups excluding carboxylic acids is 1. The van der Waals surface area contributed by atoms with E-state index in [0.717, 1.165) is 22.9 Å². The lowest BCUT2D eigenvalue weighted by Crippen LogP contribution is -2.10. The highest BCUT2D eigenvalue weighted by molar-refractivity contribution is 8.00. The Kier molecular flexibility index (Phi) is 4.81. The van der Waals surface area contributed by atoms with E-state index in [-0.39, 0.29) is 5.78 Å². The number of ketones is 1. The Morgan fingerprint density at radius 2 is 2.00 bits per heavy atom. The van der Waals surface area contributed by atoms with Crippen molar-refractivity contribution >= 4 is 28.4 Å². The highest BCUT2D eigenvalue weighted by atomic mass is 32.2. The number of aryl methyl sites for hydroxylation is 2. The summed E-state index contributed by atoms with van der Waals surface area (Å²) in [6.07, 6.45) is 4.40. The summed E-state index contributed by atoms with van der Waals surface area (Å²) in [5, 5.41) is 9.38. The van der Waals surface area contributed by atoms with E-state index in [0.29, 0.717) is 10.7 Å². The van der Waals surface area contributed by atoms with Gasteiger partial charge in [0.15, 0.2) is 10.9 Å². The quantitative estimate of drug-likeness (QED) is 0.395. The molecule has 2 heterocycles. The summed E-state index contributed by atoms with van der Waals surface area (Å²) in [5.74, 6) is 0.0636. The van der Waals surface area contributed by atoms with Gasteiger partial charge in [0.1, 0.15) is 11.6 Å². The van der Waals surface area contributed by atoms with E-state index in [1.54, 1.807) is 6.33 Å². The Balaban J connectivity index is 1.78. The van der Waals surface area contributed by atoms with Crippen LogP contribution in [0.2, 0.25) is 0 Å². The molecular formula is C21H20N4OS. The number of aromatic amines is 1. The van der Waals surface area contributed by atoms with E-state index in [9.17, 15) is 4.79 Å². The van der Waals surface area contributed by atoms with Gasteiger partial charge in [0, 0.05) is 29.7 Å². The van der Waals surface area contributed by atoms with Crippen LogP contribution < -0.4 is 0 Å². The number of rotatable bonds is 6. The lowest BCUT2D eigenvalue weighted by atomic mass is 10.0. The van der Waals surface area contributed by atoms with Crippen LogP contribution in [0, 0.1) is 0 Å². The molecular weight excluding hydrogens is 356 g/mol. The van der Waals surface area contributed by atoms with E-state index in [1.807, 2.05) is 60.3 Å². The number of carbonyl (C=O) groups is 1. The van der Waals surface area contributed by atoms with Gasteiger partial charge in [-0.3, -0.25) is 4.79 Å². The first-order valence-electron chi connectivity index (χ1n) is 8.87. The standard InChI is InChI=1S/C21H20N4OS/c1-3-14-10-7-11-16-17(12-22-18(14)16)19(26)20(15-8-5-4-6-9-15)27-21-24-23-13-25(21)2/h4-13,20,22H,3H2,1-2H3/t20-/m0/s1. The van der Waals surface area contributed by atoms with Crippen LogP contribution in [0.4, 0.5) is 0 Å². The second-order valence-corrected chi connectivity index (χ2v) is 7.47. The molecule has 4 rings (SSSR count). The van der Waals surface area contributed by atoms with Gasteiger partial charge < -0.3 is 9.55 Å². The molecule has 0 fully saturated rings. The summed E-state index contributed by atoms with van der Waals surface area (Å²) in [7, 11) is 1.88. The first-order chi connectivity index (χ1) is 13.2. The Morgan fingerprint density at radius 1 is 1.19 bits per heavy atom. The zero-order chi connectivity index (χ0) is 18.8. The van der Waals surface area contributed by atoms with Gasteiger partial charge >= 0.3 is 0 Å². The molecule has 0 unspecified atom stereocenters. The average Bonchev–Trinajstić information content (AvgIpc) is 3.32. The molecule has 5 nitrogen and oxygen atoms in total. The molecule has 4 aromatic rings. The molecule has 6 heteroatoms. The van der Waals surface area contributed by atoms with Crippen molar-refractivity contribution in [2.24, 2.45) is 7.05 Å². The van der Waals surface area contributed by atoms with E-state index >= 15 is 0 Å². The number of aromatic nitrogens is 4. The highest BCUT2D eigenvalue weighted by Gasteiger charge is 2.27. The molecule has 136 valence electrons. The molecule has 0 saturated heterocycles. The summed E-state index contributed by atoms with van der Waals surface area (Å²) in [5.41, 5.74) is 3.92. The first kappa shape index (κ1) is 17.5. The number of para-hydroxylation sites is 1. The number of benzene rings is 2. The number of H-pyrrole nitrogens is 1. The van der Waals surface area contributed by atoms with E-state index in [2.05, 4.69) is 28.2 Å². The fourth-order valence-corrected chi connectivity index (χ4v) is 4.29. The molecule has 0 aliphatic rings. The van der Waals surface area contributed by atoms with Gasteiger partial charge in [-0.15, -0.1) is 10.2 Å². The Morgan fingerprint density at radius 3 is 2.70 bits per heavy atom. The van der Waals surface area contributed by atoms with Crippen LogP contribution in [0.25, 0.3) is 10.9 Å². The largest absolute Gasteiger partial charge is 0.360 e. The minimum absolute atomic E-state index is 0.0636. The van der Waals surface area contributed by atoms with Crippen molar-refractivity contribution in [3.05, 3.63) is 77.7 Å². The van der Waals surface area contributed by atoms with Crippen LogP contribution in [0.3, 0.4) is 0 Å². The number of thioether (sulfide) groups is 1. The maximum atomic E-state index is 13.6. The van der Waals surface area contributed by atoms with Crippen LogP contribution >= 0.6 is 11.8 Å². The van der Waals surface area contributed by atoms with Gasteiger partial charge in [-0.2, -0.15) is 0 Å². The number of nitrogens with one attached hydrogen (secondary N) is 1. The van der Waals surface area contributed by atoms with Crippen molar-refractivity contribution in [3.63, 3.8) is 0 Å². The predicted octanol–water partition coefficient (Wildman–Crippen LogP) is 4.58. The minimum Gasteiger partial charge on any atom is -0.360 e. The normalized spacial score (nSPS) is 12.4. The fraction of sp³-hybridized carbons (Fsp3) is 0.190. The summed E-state index contributed by atoms with van der Waals surface area (Å²) in [6.45, 7) is 2.12. The second kappa shape index (κ2) is 7.40. The Bertz CT molecular complexity index is 1080. The molecule has 1 N–H and O–H groups in total. The summed E-state index contributed by atoms with van der Waals surface area (Å²) >= 11 is 1.43. The van der Waals surface area contributed by atoms with Crippen LogP contribution in [0.5, 0.6) is 0 Å². The third-order valence-corrected chi connectivity index (χ3v) is 5.98. The minimum atomic E-state index is -0.390. The van der Waals surface area contributed by atoms with Gasteiger partial charge in [0.25, 0.3) is 0 Å². The third-order valence-electron chi connectivity index (χ3n) is 4.68. The zero-order valence-electron chi connectivity index (χ0n) is 15.2. The monoisotopic (exact) mass is 376 g/mol. The molecule has 2 aromatic carbocycles. The van der Waals surface area contributed by atoms with Crippen LogP contribution in [0.1, 0.15) is 33.7 Å². The molecule has 0 aliphatic heterocycles. The van der Waals surface area contributed by atoms with Crippen molar-refractivity contribution < 1.29 is 4.79 Å². The van der Waals surface area contributed by atoms with Crippen molar-refractivity contribution in [2.75, 3.05) is 0 Å². The molecule has 2 aromatic heterocycles. The van der Waals surface area contributed by atoms with Crippen molar-refractivity contribution in [3.8, 4) is 0 Å². The molecule has 0 saturated carbocycles. The Hall–Kier alpha value is -2.86. The first-order valence-corrected chi connectivity index (χ1v) is 9.75. The molecule has 1 atom stereocenters. The van der Waals surface area contributed by atoms with Gasteiger partial charge in [-0.25, -0.2) is 0 Å². The summed E-state index contributed by atoms with van der Waals surface area (Å²) < 4.78 is 1.83. The zero-order valence-corrected chi connectivity index (χ0v) is 16.0. The number of Topliss-reactive ketones (excluding diaryl/α,β-unsaturated/α-hetero) is 1. The fourth-order valence-electron chi connectivity index (χ4n) is 3.24. The van der Waals surface area contributed by atoms with Gasteiger partial charge in [0.2, 0.25) is 0 Å². The molecule has 0 bridgehead atoms. The summed E-state index contributed by atoms with van der Waals surface area (Å²) in [4.78, 5) is 16.9. The average molecular weight is 376 g/mol. The van der Waals surface area contributed by atoms with Crippen LogP contribution in [0.15, 0.2) is 66.2 Å². The lowest BCUT2D eigenvalue weighted by Gasteiger charge is -2.15. The number of hydrogen-bond acceptors (Lipinski definition) is 4. The van der Waals surface area contributed by atoms with Crippen LogP contribution in [-0.2, 0) is 13.5 Å². The lowest BCUT2D eigenvalue weighted by molar-refractivity contribution is 0.0991. The number of fused-ring (bicyclic) bond motifs is 1. The maximum Gasteiger partial charge on any atom is 0.191 e. The maximum absolute atomic E-state index is 13.6. The molecule has 0 amide bonds. The number of hydrogen-bond donors (Lipinski definition) is 1. The van der Waals surface area contributed by atoms with Crippen molar-refractivity contribution in [2.45, 2.75) is 23.8 Å². The third kappa shape index (κ3) is 3.28. The van der Waals surface area contributed by atoms with E-state index in [1.165, 1.54) is 17.3 Å². The van der Waals surface area contributed by atoms with Gasteiger partial charge in [0.05, 0.1) is 0 Å². The van der Waals surface area contributed by atoms with Crippen molar-refractivity contribution in [1.82, 2.24) is 19.7 Å². The van der Waals surface area contributed by atoms with E-state index < -0.39 is 5.25 Å². The molecule has 0 radical (unpaired) electrons.